The molecule has 3 aromatic heterocycles. The maximum absolute atomic E-state index is 13.0. The summed E-state index contributed by atoms with van der Waals surface area (Å²) in [7, 11) is -2.42. The number of aromatic amines is 1. The summed E-state index contributed by atoms with van der Waals surface area (Å²) in [5.74, 6) is -0.463. The van der Waals surface area contributed by atoms with E-state index in [1.54, 1.807) is 0 Å². The van der Waals surface area contributed by atoms with Crippen LogP contribution < -0.4 is 22.7 Å². The van der Waals surface area contributed by atoms with Crippen molar-refractivity contribution in [3.63, 3.8) is 0 Å². The predicted molar refractivity (Wildman–Crippen MR) is 136 cm³/mol. The van der Waals surface area contributed by atoms with Crippen molar-refractivity contribution in [3.8, 4) is 0 Å². The molecule has 2 aliphatic rings. The highest BCUT2D eigenvalue weighted by Gasteiger charge is 2.51. The van der Waals surface area contributed by atoms with Gasteiger partial charge in [0.2, 0.25) is 11.9 Å². The lowest BCUT2D eigenvalue weighted by Gasteiger charge is -2.25. The number of hydrogen-bond donors (Lipinski definition) is 6. The number of imidazole rings is 1. The summed E-state index contributed by atoms with van der Waals surface area (Å²) < 4.78 is 47.9. The van der Waals surface area contributed by atoms with E-state index in [2.05, 4.69) is 24.9 Å². The molecule has 5 heterocycles. The van der Waals surface area contributed by atoms with Gasteiger partial charge in [-0.05, 0) is 0 Å². The molecule has 5 rings (SSSR count). The van der Waals surface area contributed by atoms with Crippen LogP contribution in [0.5, 0.6) is 0 Å². The third kappa shape index (κ3) is 5.54. The number of nitrogen functional groups attached to an aromatic ring is 2. The number of phosphoric ester groups is 1. The number of rotatable bonds is 10. The molecule has 22 heteroatoms. The molecule has 8 N–H and O–H groups in total. The molecule has 3 unspecified atom stereocenters. The van der Waals surface area contributed by atoms with Crippen molar-refractivity contribution in [2.45, 2.75) is 49.1 Å². The molecule has 0 saturated carbocycles. The molecule has 0 bridgehead atoms. The van der Waals surface area contributed by atoms with E-state index in [9.17, 15) is 29.3 Å². The SMILES string of the molecule is CO[C@H]1C(OP(=O)(O)OC[C@H]2O[C@@H](n3cnc4c(=O)[nH]c(N)nc43)[C@@H](OC)C2O)[C@@H](CO)O[C@H]1n1cnc(N)nc1=O. The van der Waals surface area contributed by atoms with Gasteiger partial charge in [-0.2, -0.15) is 9.97 Å². The molecule has 0 amide bonds. The highest BCUT2D eigenvalue weighted by atomic mass is 31.2. The molecular weight excluding hydrogens is 589 g/mol. The van der Waals surface area contributed by atoms with Crippen LogP contribution in [0.15, 0.2) is 22.2 Å². The van der Waals surface area contributed by atoms with Crippen LogP contribution in [0.3, 0.4) is 0 Å². The molecule has 42 heavy (non-hydrogen) atoms. The van der Waals surface area contributed by atoms with Crippen LogP contribution in [-0.4, -0.2) is 113 Å². The maximum atomic E-state index is 13.0. The quantitative estimate of drug-likeness (QED) is 0.121. The monoisotopic (exact) mass is 617 g/mol. The van der Waals surface area contributed by atoms with Crippen LogP contribution in [0.4, 0.5) is 11.9 Å². The van der Waals surface area contributed by atoms with Gasteiger partial charge in [-0.25, -0.2) is 19.3 Å². The first-order chi connectivity index (χ1) is 20.0. The van der Waals surface area contributed by atoms with E-state index in [1.165, 1.54) is 25.1 Å². The van der Waals surface area contributed by atoms with E-state index in [4.69, 9.17) is 39.5 Å². The Labute approximate surface area is 234 Å². The molecule has 9 atom stereocenters. The zero-order valence-electron chi connectivity index (χ0n) is 22.0. The molecule has 0 spiro atoms. The molecule has 0 radical (unpaired) electrons. The number of nitrogens with one attached hydrogen (secondary N) is 1. The summed E-state index contributed by atoms with van der Waals surface area (Å²) in [5.41, 5.74) is 9.64. The molecule has 3 aromatic rings. The lowest BCUT2D eigenvalue weighted by atomic mass is 10.1. The number of fused-ring (bicyclic) bond motifs is 1. The lowest BCUT2D eigenvalue weighted by Crippen LogP contribution is -2.39. The van der Waals surface area contributed by atoms with Crippen molar-refractivity contribution in [3.05, 3.63) is 33.5 Å². The Bertz CT molecular complexity index is 1600. The van der Waals surface area contributed by atoms with Crippen molar-refractivity contribution < 1.29 is 47.7 Å². The van der Waals surface area contributed by atoms with E-state index >= 15 is 0 Å². The van der Waals surface area contributed by atoms with Crippen molar-refractivity contribution in [1.29, 1.82) is 0 Å². The molecule has 0 aromatic carbocycles. The topological polar surface area (TPSA) is 297 Å². The van der Waals surface area contributed by atoms with Gasteiger partial charge in [0.1, 0.15) is 43.0 Å². The fourth-order valence-electron chi connectivity index (χ4n) is 4.80. The van der Waals surface area contributed by atoms with Gasteiger partial charge in [0, 0.05) is 14.2 Å². The minimum atomic E-state index is -4.95. The largest absolute Gasteiger partial charge is 0.472 e. The van der Waals surface area contributed by atoms with Gasteiger partial charge in [-0.3, -0.25) is 28.0 Å². The van der Waals surface area contributed by atoms with Gasteiger partial charge < -0.3 is 45.5 Å². The highest BCUT2D eigenvalue weighted by Crippen LogP contribution is 2.49. The second-order valence-corrected chi connectivity index (χ2v) is 10.6. The number of methoxy groups -OCH3 is 2. The van der Waals surface area contributed by atoms with Crippen molar-refractivity contribution in [1.82, 2.24) is 34.1 Å². The molecule has 2 aliphatic heterocycles. The zero-order valence-corrected chi connectivity index (χ0v) is 22.9. The molecule has 0 aliphatic carbocycles. The number of aliphatic hydroxyl groups excluding tert-OH is 2. The number of ether oxygens (including phenoxy) is 4. The van der Waals surface area contributed by atoms with E-state index in [-0.39, 0.29) is 23.1 Å². The smallest absolute Gasteiger partial charge is 0.394 e. The first kappa shape index (κ1) is 30.1. The number of aliphatic hydroxyl groups is 2. The summed E-state index contributed by atoms with van der Waals surface area (Å²) in [4.78, 5) is 52.6. The van der Waals surface area contributed by atoms with Crippen LogP contribution in [-0.2, 0) is 32.6 Å². The maximum Gasteiger partial charge on any atom is 0.472 e. The number of nitrogens with two attached hydrogens (primary N) is 2. The van der Waals surface area contributed by atoms with E-state index in [1.807, 2.05) is 0 Å². The summed E-state index contributed by atoms with van der Waals surface area (Å²) in [5, 5.41) is 20.7. The van der Waals surface area contributed by atoms with Gasteiger partial charge in [0.25, 0.3) is 5.56 Å². The second kappa shape index (κ2) is 11.7. The van der Waals surface area contributed by atoms with Crippen LogP contribution in [0.25, 0.3) is 11.2 Å². The third-order valence-electron chi connectivity index (χ3n) is 6.72. The summed E-state index contributed by atoms with van der Waals surface area (Å²) in [6.45, 7) is -1.36. The van der Waals surface area contributed by atoms with E-state index in [0.29, 0.717) is 0 Å². The Morgan fingerprint density at radius 3 is 2.36 bits per heavy atom. The predicted octanol–water partition coefficient (Wildman–Crippen LogP) is -3.38. The Kier molecular flexibility index (Phi) is 8.40. The fraction of sp³-hybridized carbons (Fsp3) is 0.600. The molecule has 21 nitrogen and oxygen atoms in total. The van der Waals surface area contributed by atoms with E-state index < -0.39 is 81.4 Å². The Morgan fingerprint density at radius 1 is 1.02 bits per heavy atom. The normalized spacial score (nSPS) is 31.1. The number of H-pyrrole nitrogens is 1. The minimum Gasteiger partial charge on any atom is -0.394 e. The molecule has 2 fully saturated rings. The molecule has 2 saturated heterocycles. The average molecular weight is 617 g/mol. The van der Waals surface area contributed by atoms with Crippen LogP contribution in [0, 0.1) is 0 Å². The Balaban J connectivity index is 1.30. The first-order valence-corrected chi connectivity index (χ1v) is 13.7. The number of hydrogen-bond acceptors (Lipinski definition) is 17. The summed E-state index contributed by atoms with van der Waals surface area (Å²) >= 11 is 0. The summed E-state index contributed by atoms with van der Waals surface area (Å²) in [6.07, 6.45) is -7.57. The lowest BCUT2D eigenvalue weighted by molar-refractivity contribution is -0.0630. The van der Waals surface area contributed by atoms with Crippen molar-refractivity contribution in [2.75, 3.05) is 38.9 Å². The Hall–Kier alpha value is -3.37. The van der Waals surface area contributed by atoms with Crippen LogP contribution in [0.1, 0.15) is 12.5 Å². The summed E-state index contributed by atoms with van der Waals surface area (Å²) in [6, 6.07) is 0. The number of phosphoric acid groups is 1. The third-order valence-corrected chi connectivity index (χ3v) is 7.71. The highest BCUT2D eigenvalue weighted by molar-refractivity contribution is 7.47. The second-order valence-electron chi connectivity index (χ2n) is 9.22. The van der Waals surface area contributed by atoms with Gasteiger partial charge in [-0.15, -0.1) is 0 Å². The average Bonchev–Trinajstić information content (AvgIpc) is 3.60. The zero-order chi connectivity index (χ0) is 30.3. The van der Waals surface area contributed by atoms with Gasteiger partial charge in [0.15, 0.2) is 23.6 Å². The van der Waals surface area contributed by atoms with Crippen LogP contribution in [0.2, 0.25) is 0 Å². The Morgan fingerprint density at radius 2 is 1.69 bits per heavy atom. The molecular formula is C20H28N9O12P. The van der Waals surface area contributed by atoms with Crippen molar-refractivity contribution >= 4 is 30.9 Å². The number of aromatic nitrogens is 7. The van der Waals surface area contributed by atoms with Crippen molar-refractivity contribution in [2.24, 2.45) is 0 Å². The van der Waals surface area contributed by atoms with Crippen LogP contribution >= 0.6 is 7.82 Å². The minimum absolute atomic E-state index is 0.0406. The molecule has 230 valence electrons. The van der Waals surface area contributed by atoms with Gasteiger partial charge >= 0.3 is 13.5 Å². The number of anilines is 2. The number of nitrogens with zero attached hydrogens (tertiary/aromatic N) is 6. The van der Waals surface area contributed by atoms with Gasteiger partial charge in [-0.1, -0.05) is 0 Å². The first-order valence-electron chi connectivity index (χ1n) is 12.2. The standard InChI is InChI=1S/C20H28N9O12P/c1-36-12-10(31)8(40-16(12)28-5-23-9-14(28)25-19(22)26-15(9)32)4-38-42(34,35)41-11-7(3-30)39-17(13(11)37-2)29-6-24-18(21)27-20(29)33/h5-8,10-13,16-17,30-31H,3-4H2,1-2H3,(H,34,35)(H2,21,27,33)(H3,22,25,26,32)/t7-,8-,10?,11?,12+,13+,16-,17-/m1/s1. The fourth-order valence-corrected chi connectivity index (χ4v) is 5.76. The van der Waals surface area contributed by atoms with Gasteiger partial charge in [0.05, 0.1) is 19.5 Å². The van der Waals surface area contributed by atoms with E-state index in [0.717, 1.165) is 10.9 Å².